The maximum absolute atomic E-state index is 13.1. The van der Waals surface area contributed by atoms with Crippen molar-refractivity contribution < 1.29 is 19.1 Å². The number of aryl methyl sites for hydroxylation is 1. The zero-order chi connectivity index (χ0) is 26.0. The molecule has 0 N–H and O–H groups in total. The number of imidazole rings is 1. The first kappa shape index (κ1) is 25.0. The SMILES string of the molecule is CCOCCn1c(COc2ccc(CON3C(=O)C(C)(C)c4cccc(C)c43)cc2)nc2ccccc21. The van der Waals surface area contributed by atoms with Crippen molar-refractivity contribution in [1.82, 2.24) is 9.55 Å². The second-order valence-corrected chi connectivity index (χ2v) is 9.77. The molecule has 5 rings (SSSR count). The first-order valence-electron chi connectivity index (χ1n) is 12.7. The van der Waals surface area contributed by atoms with Gasteiger partial charge in [-0.25, -0.2) is 4.98 Å². The molecule has 1 aromatic heterocycles. The third kappa shape index (κ3) is 4.84. The van der Waals surface area contributed by atoms with Crippen LogP contribution in [0.1, 0.15) is 43.3 Å². The summed E-state index contributed by atoms with van der Waals surface area (Å²) in [5.74, 6) is 1.55. The van der Waals surface area contributed by atoms with Crippen LogP contribution in [-0.2, 0) is 39.5 Å². The van der Waals surface area contributed by atoms with Crippen molar-refractivity contribution in [3.05, 3.63) is 89.2 Å². The van der Waals surface area contributed by atoms with E-state index < -0.39 is 5.41 Å². The molecule has 0 spiro atoms. The second-order valence-electron chi connectivity index (χ2n) is 9.77. The third-order valence-corrected chi connectivity index (χ3v) is 6.88. The van der Waals surface area contributed by atoms with Crippen LogP contribution in [-0.4, -0.2) is 28.7 Å². The number of benzene rings is 3. The number of anilines is 1. The molecule has 1 aliphatic rings. The Balaban J connectivity index is 1.24. The van der Waals surface area contributed by atoms with E-state index in [1.54, 1.807) is 0 Å². The van der Waals surface area contributed by atoms with E-state index in [9.17, 15) is 4.79 Å². The van der Waals surface area contributed by atoms with Crippen molar-refractivity contribution in [3.63, 3.8) is 0 Å². The van der Waals surface area contributed by atoms with Crippen LogP contribution in [0.4, 0.5) is 5.69 Å². The largest absolute Gasteiger partial charge is 0.486 e. The van der Waals surface area contributed by atoms with Crippen molar-refractivity contribution in [1.29, 1.82) is 0 Å². The number of hydrogen-bond acceptors (Lipinski definition) is 5. The summed E-state index contributed by atoms with van der Waals surface area (Å²) in [4.78, 5) is 23.9. The van der Waals surface area contributed by atoms with Crippen LogP contribution in [0.25, 0.3) is 11.0 Å². The fraction of sp³-hybridized carbons (Fsp3) is 0.333. The molecule has 2 heterocycles. The first-order valence-corrected chi connectivity index (χ1v) is 12.7. The van der Waals surface area contributed by atoms with Crippen molar-refractivity contribution in [2.45, 2.75) is 52.9 Å². The van der Waals surface area contributed by atoms with Gasteiger partial charge in [0.25, 0.3) is 5.91 Å². The van der Waals surface area contributed by atoms with Crippen molar-refractivity contribution in [3.8, 4) is 5.75 Å². The second kappa shape index (κ2) is 10.4. The number of amides is 1. The van der Waals surface area contributed by atoms with Gasteiger partial charge in [0.2, 0.25) is 0 Å². The molecule has 37 heavy (non-hydrogen) atoms. The predicted molar refractivity (Wildman–Crippen MR) is 143 cm³/mol. The van der Waals surface area contributed by atoms with Gasteiger partial charge in [0.05, 0.1) is 28.7 Å². The molecule has 4 aromatic rings. The van der Waals surface area contributed by atoms with Crippen LogP contribution in [0.3, 0.4) is 0 Å². The summed E-state index contributed by atoms with van der Waals surface area (Å²) in [6, 6.07) is 21.8. The molecule has 0 atom stereocenters. The number of hydroxylamine groups is 1. The molecule has 0 radical (unpaired) electrons. The van der Waals surface area contributed by atoms with E-state index in [2.05, 4.69) is 10.6 Å². The summed E-state index contributed by atoms with van der Waals surface area (Å²) in [6.45, 7) is 10.5. The summed E-state index contributed by atoms with van der Waals surface area (Å²) in [5, 5.41) is 1.46. The molecular formula is C30H33N3O4. The molecule has 1 amide bonds. The number of carbonyl (C=O) groups excluding carboxylic acids is 1. The highest BCUT2D eigenvalue weighted by atomic mass is 16.7. The van der Waals surface area contributed by atoms with Gasteiger partial charge in [0.15, 0.2) is 0 Å². The Kier molecular flexibility index (Phi) is 7.00. The molecule has 1 aliphatic heterocycles. The lowest BCUT2D eigenvalue weighted by atomic mass is 9.85. The normalized spacial score (nSPS) is 14.4. The summed E-state index contributed by atoms with van der Waals surface area (Å²) in [5.41, 5.74) is 5.22. The van der Waals surface area contributed by atoms with Crippen LogP contribution >= 0.6 is 0 Å². The van der Waals surface area contributed by atoms with Gasteiger partial charge in [-0.05, 0) is 68.7 Å². The number of nitrogens with zero attached hydrogens (tertiary/aromatic N) is 3. The van der Waals surface area contributed by atoms with Crippen molar-refractivity contribution in [2.24, 2.45) is 0 Å². The quantitative estimate of drug-likeness (QED) is 0.261. The molecule has 0 saturated heterocycles. The highest BCUT2D eigenvalue weighted by molar-refractivity contribution is 6.06. The molecule has 0 fully saturated rings. The van der Waals surface area contributed by atoms with Crippen LogP contribution in [0.15, 0.2) is 66.7 Å². The van der Waals surface area contributed by atoms with Gasteiger partial charge in [0, 0.05) is 13.2 Å². The predicted octanol–water partition coefficient (Wildman–Crippen LogP) is 5.72. The maximum atomic E-state index is 13.1. The molecular weight excluding hydrogens is 466 g/mol. The molecule has 192 valence electrons. The zero-order valence-electron chi connectivity index (χ0n) is 21.9. The first-order chi connectivity index (χ1) is 17.9. The highest BCUT2D eigenvalue weighted by Gasteiger charge is 2.45. The smallest absolute Gasteiger partial charge is 0.261 e. The number of rotatable bonds is 10. The zero-order valence-corrected chi connectivity index (χ0v) is 21.9. The van der Waals surface area contributed by atoms with Gasteiger partial charge >= 0.3 is 0 Å². The standard InChI is InChI=1S/C30H33N3O4/c1-5-35-18-17-32-26-12-7-6-11-25(26)31-27(32)20-36-23-15-13-22(14-16-23)19-37-33-28-21(2)9-8-10-24(28)30(3,4)29(33)34/h6-16H,5,17-20H2,1-4H3. The Hall–Kier alpha value is -3.68. The minimum atomic E-state index is -0.613. The van der Waals surface area contributed by atoms with Crippen LogP contribution < -0.4 is 9.80 Å². The number of hydrogen-bond donors (Lipinski definition) is 0. The molecule has 0 bridgehead atoms. The Morgan fingerprint density at radius 3 is 2.51 bits per heavy atom. The Morgan fingerprint density at radius 2 is 1.73 bits per heavy atom. The van der Waals surface area contributed by atoms with E-state index >= 15 is 0 Å². The molecule has 0 aliphatic carbocycles. The van der Waals surface area contributed by atoms with E-state index in [0.717, 1.165) is 51.5 Å². The lowest BCUT2D eigenvalue weighted by molar-refractivity contribution is -0.129. The van der Waals surface area contributed by atoms with E-state index in [-0.39, 0.29) is 12.5 Å². The monoisotopic (exact) mass is 499 g/mol. The van der Waals surface area contributed by atoms with Gasteiger partial charge in [-0.2, -0.15) is 5.06 Å². The maximum Gasteiger partial charge on any atom is 0.261 e. The van der Waals surface area contributed by atoms with E-state index in [4.69, 9.17) is 19.3 Å². The summed E-state index contributed by atoms with van der Waals surface area (Å²) in [7, 11) is 0. The highest BCUT2D eigenvalue weighted by Crippen LogP contribution is 2.43. The van der Waals surface area contributed by atoms with Crippen molar-refractivity contribution in [2.75, 3.05) is 18.3 Å². The number of aromatic nitrogens is 2. The Morgan fingerprint density at radius 1 is 0.946 bits per heavy atom. The van der Waals surface area contributed by atoms with Gasteiger partial charge in [-0.1, -0.05) is 42.5 Å². The molecule has 7 heteroatoms. The average Bonchev–Trinajstić information content (AvgIpc) is 3.35. The summed E-state index contributed by atoms with van der Waals surface area (Å²) >= 11 is 0. The van der Waals surface area contributed by atoms with Crippen molar-refractivity contribution >= 4 is 22.6 Å². The molecule has 0 saturated carbocycles. The topological polar surface area (TPSA) is 65.8 Å². The van der Waals surface area contributed by atoms with Crippen LogP contribution in [0.2, 0.25) is 0 Å². The Bertz CT molecular complexity index is 1410. The number of ether oxygens (including phenoxy) is 2. The lowest BCUT2D eigenvalue weighted by Gasteiger charge is -2.20. The van der Waals surface area contributed by atoms with Crippen LogP contribution in [0, 0.1) is 6.92 Å². The fourth-order valence-electron chi connectivity index (χ4n) is 4.78. The van der Waals surface area contributed by atoms with Gasteiger partial charge < -0.3 is 14.0 Å². The van der Waals surface area contributed by atoms with E-state index in [1.807, 2.05) is 88.4 Å². The lowest BCUT2D eigenvalue weighted by Crippen LogP contribution is -2.36. The molecule has 0 unspecified atom stereocenters. The minimum Gasteiger partial charge on any atom is -0.486 e. The molecule has 3 aromatic carbocycles. The Labute approximate surface area is 217 Å². The number of para-hydroxylation sites is 3. The van der Waals surface area contributed by atoms with E-state index in [0.29, 0.717) is 19.8 Å². The van der Waals surface area contributed by atoms with E-state index in [1.165, 1.54) is 5.06 Å². The summed E-state index contributed by atoms with van der Waals surface area (Å²) in [6.07, 6.45) is 0. The van der Waals surface area contributed by atoms with Crippen LogP contribution in [0.5, 0.6) is 5.75 Å². The number of carbonyl (C=O) groups is 1. The van der Waals surface area contributed by atoms with Gasteiger partial charge in [-0.3, -0.25) is 9.63 Å². The molecule has 7 nitrogen and oxygen atoms in total. The van der Waals surface area contributed by atoms with Gasteiger partial charge in [0.1, 0.15) is 24.8 Å². The minimum absolute atomic E-state index is 0.0519. The third-order valence-electron chi connectivity index (χ3n) is 6.88. The van der Waals surface area contributed by atoms with Gasteiger partial charge in [-0.15, -0.1) is 0 Å². The average molecular weight is 500 g/mol. The fourth-order valence-corrected chi connectivity index (χ4v) is 4.78. The number of fused-ring (bicyclic) bond motifs is 2. The summed E-state index contributed by atoms with van der Waals surface area (Å²) < 4.78 is 13.8.